The van der Waals surface area contributed by atoms with E-state index in [4.69, 9.17) is 15.2 Å². The van der Waals surface area contributed by atoms with E-state index >= 15 is 0 Å². The van der Waals surface area contributed by atoms with E-state index in [-0.39, 0.29) is 11.6 Å². The second kappa shape index (κ2) is 3.22. The minimum atomic E-state index is -0.159. The molecule has 0 saturated carbocycles. The Kier molecular flexibility index (Phi) is 1.97. The molecular formula is C12H15NO2. The summed E-state index contributed by atoms with van der Waals surface area (Å²) >= 11 is 0. The van der Waals surface area contributed by atoms with Crippen LogP contribution in [0, 0.1) is 0 Å². The Hall–Kier alpha value is -1.06. The molecule has 0 amide bonds. The summed E-state index contributed by atoms with van der Waals surface area (Å²) in [6.45, 7) is 1.46. The van der Waals surface area contributed by atoms with Crippen molar-refractivity contribution in [3.8, 4) is 5.75 Å². The molecule has 2 aliphatic heterocycles. The fraction of sp³-hybridized carbons (Fsp3) is 0.500. The smallest absolute Gasteiger partial charge is 0.136 e. The summed E-state index contributed by atoms with van der Waals surface area (Å²) in [6.07, 6.45) is 1.82. The Bertz CT molecular complexity index is 372. The Morgan fingerprint density at radius 3 is 3.00 bits per heavy atom. The number of hydrogen-bond acceptors (Lipinski definition) is 3. The van der Waals surface area contributed by atoms with Gasteiger partial charge in [-0.2, -0.15) is 0 Å². The van der Waals surface area contributed by atoms with E-state index in [9.17, 15) is 0 Å². The lowest BCUT2D eigenvalue weighted by Gasteiger charge is -2.37. The maximum absolute atomic E-state index is 6.17. The van der Waals surface area contributed by atoms with E-state index in [1.54, 1.807) is 0 Å². The van der Waals surface area contributed by atoms with E-state index in [1.165, 1.54) is 0 Å². The molecule has 1 aromatic carbocycles. The normalized spacial score (nSPS) is 33.8. The van der Waals surface area contributed by atoms with Gasteiger partial charge in [0.15, 0.2) is 0 Å². The second-order valence-electron chi connectivity index (χ2n) is 4.44. The predicted octanol–water partition coefficient (Wildman–Crippen LogP) is 1.63. The minimum absolute atomic E-state index is 0.0802. The molecule has 0 radical (unpaired) electrons. The molecule has 0 aromatic heterocycles. The molecule has 2 atom stereocenters. The standard InChI is InChI=1S/C12H15NO2/c13-10-7-12(5-6-14-8-12)15-11-4-2-1-3-9(10)11/h1-4,10H,5-8,13H2. The molecule has 3 heteroatoms. The average Bonchev–Trinajstić information content (AvgIpc) is 2.66. The van der Waals surface area contributed by atoms with Crippen LogP contribution in [0.15, 0.2) is 24.3 Å². The number of ether oxygens (including phenoxy) is 2. The van der Waals surface area contributed by atoms with E-state index in [2.05, 4.69) is 0 Å². The lowest BCUT2D eigenvalue weighted by atomic mass is 9.87. The van der Waals surface area contributed by atoms with Gasteiger partial charge < -0.3 is 15.2 Å². The molecule has 1 spiro atoms. The average molecular weight is 205 g/mol. The lowest BCUT2D eigenvalue weighted by Crippen LogP contribution is -2.43. The van der Waals surface area contributed by atoms with Gasteiger partial charge in [-0.3, -0.25) is 0 Å². The van der Waals surface area contributed by atoms with Gasteiger partial charge in [0.1, 0.15) is 11.4 Å². The lowest BCUT2D eigenvalue weighted by molar-refractivity contribution is 0.0235. The number of nitrogens with two attached hydrogens (primary N) is 1. The largest absolute Gasteiger partial charge is 0.484 e. The topological polar surface area (TPSA) is 44.5 Å². The molecule has 80 valence electrons. The zero-order valence-electron chi connectivity index (χ0n) is 8.61. The van der Waals surface area contributed by atoms with Crippen LogP contribution in [0.4, 0.5) is 0 Å². The van der Waals surface area contributed by atoms with Gasteiger partial charge in [-0.15, -0.1) is 0 Å². The van der Waals surface area contributed by atoms with Crippen molar-refractivity contribution < 1.29 is 9.47 Å². The molecule has 15 heavy (non-hydrogen) atoms. The van der Waals surface area contributed by atoms with Crippen LogP contribution < -0.4 is 10.5 Å². The van der Waals surface area contributed by atoms with Crippen molar-refractivity contribution >= 4 is 0 Å². The highest BCUT2D eigenvalue weighted by Gasteiger charge is 2.42. The van der Waals surface area contributed by atoms with Crippen molar-refractivity contribution in [1.82, 2.24) is 0 Å². The Balaban J connectivity index is 1.98. The Morgan fingerprint density at radius 1 is 1.33 bits per heavy atom. The van der Waals surface area contributed by atoms with Crippen LogP contribution in [-0.2, 0) is 4.74 Å². The molecule has 2 unspecified atom stereocenters. The molecule has 1 aromatic rings. The van der Waals surface area contributed by atoms with Gasteiger partial charge in [0.05, 0.1) is 13.2 Å². The van der Waals surface area contributed by atoms with Crippen LogP contribution in [0.1, 0.15) is 24.4 Å². The summed E-state index contributed by atoms with van der Waals surface area (Å²) in [4.78, 5) is 0. The highest BCUT2D eigenvalue weighted by molar-refractivity contribution is 5.38. The van der Waals surface area contributed by atoms with Gasteiger partial charge in [0, 0.05) is 24.4 Å². The molecule has 3 nitrogen and oxygen atoms in total. The molecule has 2 heterocycles. The molecule has 1 saturated heterocycles. The second-order valence-corrected chi connectivity index (χ2v) is 4.44. The van der Waals surface area contributed by atoms with Crippen molar-refractivity contribution in [3.05, 3.63) is 29.8 Å². The molecular weight excluding hydrogens is 190 g/mol. The Labute approximate surface area is 89.2 Å². The summed E-state index contributed by atoms with van der Waals surface area (Å²) in [5.74, 6) is 0.932. The zero-order valence-corrected chi connectivity index (χ0v) is 8.61. The van der Waals surface area contributed by atoms with Crippen LogP contribution >= 0.6 is 0 Å². The van der Waals surface area contributed by atoms with E-state index in [0.29, 0.717) is 6.61 Å². The van der Waals surface area contributed by atoms with Crippen molar-refractivity contribution in [2.24, 2.45) is 5.73 Å². The maximum Gasteiger partial charge on any atom is 0.136 e. The van der Waals surface area contributed by atoms with Crippen molar-refractivity contribution in [2.75, 3.05) is 13.2 Å². The first kappa shape index (κ1) is 9.19. The van der Waals surface area contributed by atoms with Crippen molar-refractivity contribution in [1.29, 1.82) is 0 Å². The first-order valence-electron chi connectivity index (χ1n) is 5.40. The van der Waals surface area contributed by atoms with Crippen LogP contribution in [0.25, 0.3) is 0 Å². The molecule has 2 N–H and O–H groups in total. The van der Waals surface area contributed by atoms with Gasteiger partial charge in [-0.05, 0) is 6.07 Å². The third-order valence-electron chi connectivity index (χ3n) is 3.30. The maximum atomic E-state index is 6.17. The van der Waals surface area contributed by atoms with Crippen LogP contribution in [0.5, 0.6) is 5.75 Å². The number of hydrogen-bond donors (Lipinski definition) is 1. The number of rotatable bonds is 0. The molecule has 0 aliphatic carbocycles. The third-order valence-corrected chi connectivity index (χ3v) is 3.30. The SMILES string of the molecule is NC1CC2(CCOC2)Oc2ccccc21. The van der Waals surface area contributed by atoms with Gasteiger partial charge in [-0.1, -0.05) is 18.2 Å². The summed E-state index contributed by atoms with van der Waals surface area (Å²) in [6, 6.07) is 8.11. The molecule has 3 rings (SSSR count). The first-order valence-corrected chi connectivity index (χ1v) is 5.40. The van der Waals surface area contributed by atoms with Gasteiger partial charge in [-0.25, -0.2) is 0 Å². The van der Waals surface area contributed by atoms with Gasteiger partial charge >= 0.3 is 0 Å². The molecule has 1 fully saturated rings. The fourth-order valence-corrected chi connectivity index (χ4v) is 2.50. The third kappa shape index (κ3) is 1.43. The van der Waals surface area contributed by atoms with Gasteiger partial charge in [0.2, 0.25) is 0 Å². The van der Waals surface area contributed by atoms with Gasteiger partial charge in [0.25, 0.3) is 0 Å². The summed E-state index contributed by atoms with van der Waals surface area (Å²) < 4.78 is 11.5. The highest BCUT2D eigenvalue weighted by atomic mass is 16.6. The molecule has 0 bridgehead atoms. The highest BCUT2D eigenvalue weighted by Crippen LogP contribution is 2.41. The summed E-state index contributed by atoms with van der Waals surface area (Å²) in [7, 11) is 0. The minimum Gasteiger partial charge on any atom is -0.484 e. The first-order chi connectivity index (χ1) is 7.29. The van der Waals surface area contributed by atoms with E-state index in [0.717, 1.165) is 30.8 Å². The van der Waals surface area contributed by atoms with Crippen LogP contribution in [0.2, 0.25) is 0 Å². The molecule has 2 aliphatic rings. The summed E-state index contributed by atoms with van der Waals surface area (Å²) in [5, 5.41) is 0. The monoisotopic (exact) mass is 205 g/mol. The summed E-state index contributed by atoms with van der Waals surface area (Å²) in [5.41, 5.74) is 7.13. The number of benzene rings is 1. The Morgan fingerprint density at radius 2 is 2.20 bits per heavy atom. The predicted molar refractivity (Wildman–Crippen MR) is 56.8 cm³/mol. The van der Waals surface area contributed by atoms with Crippen LogP contribution in [0.3, 0.4) is 0 Å². The van der Waals surface area contributed by atoms with Crippen molar-refractivity contribution in [2.45, 2.75) is 24.5 Å². The quantitative estimate of drug-likeness (QED) is 0.700. The van der Waals surface area contributed by atoms with Crippen molar-refractivity contribution in [3.63, 3.8) is 0 Å². The zero-order chi connectivity index (χ0) is 10.3. The van der Waals surface area contributed by atoms with E-state index in [1.807, 2.05) is 24.3 Å². The van der Waals surface area contributed by atoms with E-state index < -0.39 is 0 Å². The fourth-order valence-electron chi connectivity index (χ4n) is 2.50. The number of fused-ring (bicyclic) bond motifs is 1. The van der Waals surface area contributed by atoms with Crippen LogP contribution in [-0.4, -0.2) is 18.8 Å². The number of para-hydroxylation sites is 1.